The number of aromatic nitrogens is 1. The molecule has 0 bridgehead atoms. The third-order valence-corrected chi connectivity index (χ3v) is 8.02. The highest BCUT2D eigenvalue weighted by Crippen LogP contribution is 2.44. The lowest BCUT2D eigenvalue weighted by Gasteiger charge is -2.35. The molecule has 3 aromatic carbocycles. The van der Waals surface area contributed by atoms with Crippen molar-refractivity contribution in [2.75, 3.05) is 0 Å². The number of nitro groups is 1. The Balaban J connectivity index is 1.66. The monoisotopic (exact) mass is 509 g/mol. The number of rotatable bonds is 3. The molecule has 6 rings (SSSR count). The summed E-state index contributed by atoms with van der Waals surface area (Å²) in [6, 6.07) is 19.6. The highest BCUT2D eigenvalue weighted by atomic mass is 32.1. The molecule has 0 saturated heterocycles. The van der Waals surface area contributed by atoms with Crippen LogP contribution in [0, 0.1) is 15.5 Å². The number of benzene rings is 3. The summed E-state index contributed by atoms with van der Waals surface area (Å²) in [6.45, 7) is 4.11. The fraction of sp³-hybridized carbons (Fsp3) is 0.207. The van der Waals surface area contributed by atoms with Gasteiger partial charge in [0.25, 0.3) is 11.2 Å². The minimum absolute atomic E-state index is 0.000844. The molecular weight excluding hydrogens is 486 g/mol. The van der Waals surface area contributed by atoms with Crippen LogP contribution in [0.1, 0.15) is 43.9 Å². The first kappa shape index (κ1) is 23.2. The van der Waals surface area contributed by atoms with Crippen LogP contribution in [0.3, 0.4) is 0 Å². The molecule has 2 aliphatic rings. The van der Waals surface area contributed by atoms with Crippen molar-refractivity contribution in [1.82, 2.24) is 4.57 Å². The van der Waals surface area contributed by atoms with Gasteiger partial charge in [0.1, 0.15) is 0 Å². The molecule has 1 atom stereocenters. The van der Waals surface area contributed by atoms with Crippen LogP contribution in [-0.2, 0) is 4.79 Å². The summed E-state index contributed by atoms with van der Waals surface area (Å²) in [5.41, 5.74) is 1.88. The fourth-order valence-electron chi connectivity index (χ4n) is 5.45. The van der Waals surface area contributed by atoms with E-state index in [4.69, 9.17) is 4.99 Å². The lowest BCUT2D eigenvalue weighted by Crippen LogP contribution is -2.42. The number of Topliss-reactive ketones (excluding diaryl/α,β-unsaturated/α-hetero) is 1. The van der Waals surface area contributed by atoms with Crippen molar-refractivity contribution in [2.45, 2.75) is 32.7 Å². The highest BCUT2D eigenvalue weighted by Gasteiger charge is 2.41. The van der Waals surface area contributed by atoms with Crippen molar-refractivity contribution >= 4 is 39.7 Å². The molecule has 0 spiro atoms. The minimum atomic E-state index is -0.617. The number of carbonyl (C=O) groups is 1. The first-order chi connectivity index (χ1) is 17.7. The van der Waals surface area contributed by atoms with E-state index < -0.39 is 11.0 Å². The van der Waals surface area contributed by atoms with E-state index in [2.05, 4.69) is 13.8 Å². The van der Waals surface area contributed by atoms with Gasteiger partial charge in [0.2, 0.25) is 0 Å². The molecule has 184 valence electrons. The zero-order valence-electron chi connectivity index (χ0n) is 20.3. The molecule has 0 N–H and O–H groups in total. The normalized spacial score (nSPS) is 18.9. The summed E-state index contributed by atoms with van der Waals surface area (Å²) >= 11 is 1.20. The van der Waals surface area contributed by atoms with E-state index in [0.29, 0.717) is 33.3 Å². The van der Waals surface area contributed by atoms with Crippen molar-refractivity contribution in [3.63, 3.8) is 0 Å². The summed E-state index contributed by atoms with van der Waals surface area (Å²) in [7, 11) is 0. The maximum atomic E-state index is 13.9. The van der Waals surface area contributed by atoms with Crippen molar-refractivity contribution in [3.8, 4) is 0 Å². The zero-order chi connectivity index (χ0) is 25.9. The Morgan fingerprint density at radius 2 is 1.76 bits per heavy atom. The third-order valence-electron chi connectivity index (χ3n) is 7.03. The molecule has 4 aromatic rings. The summed E-state index contributed by atoms with van der Waals surface area (Å²) in [5, 5.41) is 13.5. The van der Waals surface area contributed by atoms with Crippen molar-refractivity contribution in [3.05, 3.63) is 119 Å². The number of carbonyl (C=O) groups excluding carboxylic acids is 1. The average molecular weight is 510 g/mol. The van der Waals surface area contributed by atoms with Gasteiger partial charge in [-0.1, -0.05) is 79.8 Å². The molecule has 1 aliphatic carbocycles. The zero-order valence-corrected chi connectivity index (χ0v) is 21.1. The van der Waals surface area contributed by atoms with Crippen LogP contribution >= 0.6 is 11.3 Å². The first-order valence-corrected chi connectivity index (χ1v) is 12.8. The standard InChI is InChI=1S/C29H23N3O4S/c1-29(2)15-21-25(23(33)16-29)26(20-12-7-10-17-8-3-5-11-19(17)20)31-27(34)24(37-28(31)30-21)14-18-9-4-6-13-22(18)32(35)36/h3-14,26H,15-16H2,1-2H3. The van der Waals surface area contributed by atoms with Crippen LogP contribution in [0.15, 0.2) is 87.8 Å². The predicted octanol–water partition coefficient (Wildman–Crippen LogP) is 4.67. The number of fused-ring (bicyclic) bond motifs is 2. The molecule has 1 unspecified atom stereocenters. The van der Waals surface area contributed by atoms with E-state index in [1.54, 1.807) is 28.8 Å². The molecule has 2 heterocycles. The largest absolute Gasteiger partial charge is 0.294 e. The molecule has 1 aliphatic heterocycles. The average Bonchev–Trinajstić information content (AvgIpc) is 3.16. The topological polar surface area (TPSA) is 94.6 Å². The Morgan fingerprint density at radius 1 is 1.03 bits per heavy atom. The van der Waals surface area contributed by atoms with Crippen LogP contribution < -0.4 is 14.9 Å². The molecule has 0 radical (unpaired) electrons. The van der Waals surface area contributed by atoms with Gasteiger partial charge in [-0.15, -0.1) is 0 Å². The molecular formula is C29H23N3O4S. The maximum absolute atomic E-state index is 13.9. The van der Waals surface area contributed by atoms with Crippen molar-refractivity contribution in [2.24, 2.45) is 10.4 Å². The van der Waals surface area contributed by atoms with Gasteiger partial charge >= 0.3 is 0 Å². The lowest BCUT2D eigenvalue weighted by atomic mass is 9.73. The summed E-state index contributed by atoms with van der Waals surface area (Å²) < 4.78 is 1.94. The number of allylic oxidation sites excluding steroid dienone is 2. The Kier molecular flexibility index (Phi) is 5.31. The number of hydrogen-bond acceptors (Lipinski definition) is 6. The van der Waals surface area contributed by atoms with Crippen LogP contribution in [0.25, 0.3) is 16.8 Å². The molecule has 1 aromatic heterocycles. The second-order valence-electron chi connectivity index (χ2n) is 10.3. The van der Waals surface area contributed by atoms with Gasteiger partial charge < -0.3 is 0 Å². The van der Waals surface area contributed by atoms with Crippen molar-refractivity contribution < 1.29 is 9.72 Å². The van der Waals surface area contributed by atoms with Crippen molar-refractivity contribution in [1.29, 1.82) is 0 Å². The van der Waals surface area contributed by atoms with Crippen LogP contribution in [0.2, 0.25) is 0 Å². The summed E-state index contributed by atoms with van der Waals surface area (Å²) in [6.07, 6.45) is 2.56. The SMILES string of the molecule is CC1(C)CC(=O)C2=C(C1)N=c1sc(=Cc3ccccc3[N+](=O)[O-])c(=O)n1C2c1cccc2ccccc12. The first-order valence-electron chi connectivity index (χ1n) is 12.0. The van der Waals surface area contributed by atoms with E-state index in [1.165, 1.54) is 17.4 Å². The van der Waals surface area contributed by atoms with Gasteiger partial charge in [0.05, 0.1) is 26.8 Å². The van der Waals surface area contributed by atoms with E-state index in [1.807, 2.05) is 42.5 Å². The Bertz CT molecular complexity index is 1840. The van der Waals surface area contributed by atoms with Crippen LogP contribution in [0.4, 0.5) is 5.69 Å². The molecule has 8 heteroatoms. The van der Waals surface area contributed by atoms with Gasteiger partial charge in [0.15, 0.2) is 10.6 Å². The second-order valence-corrected chi connectivity index (χ2v) is 11.3. The molecule has 0 saturated carbocycles. The summed E-state index contributed by atoms with van der Waals surface area (Å²) in [4.78, 5) is 43.9. The van der Waals surface area contributed by atoms with E-state index in [-0.39, 0.29) is 22.4 Å². The Labute approximate surface area is 215 Å². The van der Waals surface area contributed by atoms with Crippen LogP contribution in [0.5, 0.6) is 0 Å². The smallest absolute Gasteiger partial charge is 0.276 e. The molecule has 37 heavy (non-hydrogen) atoms. The van der Waals surface area contributed by atoms with Gasteiger partial charge in [-0.2, -0.15) is 0 Å². The second kappa shape index (κ2) is 8.45. The van der Waals surface area contributed by atoms with Gasteiger partial charge in [-0.05, 0) is 40.3 Å². The van der Waals surface area contributed by atoms with Crippen LogP contribution in [-0.4, -0.2) is 15.3 Å². The van der Waals surface area contributed by atoms with Gasteiger partial charge in [-0.25, -0.2) is 4.99 Å². The van der Waals surface area contributed by atoms with E-state index in [0.717, 1.165) is 22.0 Å². The number of nitrogens with zero attached hydrogens (tertiary/aromatic N) is 3. The highest BCUT2D eigenvalue weighted by molar-refractivity contribution is 7.07. The predicted molar refractivity (Wildman–Crippen MR) is 143 cm³/mol. The maximum Gasteiger partial charge on any atom is 0.276 e. The Hall–Kier alpha value is -4.17. The molecule has 0 fully saturated rings. The van der Waals surface area contributed by atoms with Gasteiger partial charge in [-0.3, -0.25) is 24.3 Å². The molecule has 0 amide bonds. The number of ketones is 1. The minimum Gasteiger partial charge on any atom is -0.294 e. The summed E-state index contributed by atoms with van der Waals surface area (Å²) in [5.74, 6) is 0.000844. The van der Waals surface area contributed by atoms with Gasteiger partial charge in [0, 0.05) is 18.1 Å². The number of nitro benzene ring substituents is 1. The number of para-hydroxylation sites is 1. The molecule has 7 nitrogen and oxygen atoms in total. The quantitative estimate of drug-likeness (QED) is 0.296. The fourth-order valence-corrected chi connectivity index (χ4v) is 6.46. The van der Waals surface area contributed by atoms with E-state index >= 15 is 0 Å². The lowest BCUT2D eigenvalue weighted by molar-refractivity contribution is -0.385. The van der Waals surface area contributed by atoms with E-state index in [9.17, 15) is 19.7 Å². The Morgan fingerprint density at radius 3 is 2.57 bits per heavy atom. The third kappa shape index (κ3) is 3.84. The number of hydrogen-bond donors (Lipinski definition) is 0. The number of thiazole rings is 1.